The minimum atomic E-state index is -0.0798. The Kier molecular flexibility index (Phi) is 3.71. The standard InChI is InChI=1S/C14H21NO2/c1-3-9(2)14(16)17-8-12-5-10-4-11(7-15)13(12)6-10/h9-13H,3-6,8H2,1-2H3. The first-order valence-electron chi connectivity index (χ1n) is 6.71. The van der Waals surface area contributed by atoms with E-state index in [1.165, 1.54) is 6.42 Å². The summed E-state index contributed by atoms with van der Waals surface area (Å²) in [6.07, 6.45) is 4.22. The summed E-state index contributed by atoms with van der Waals surface area (Å²) in [7, 11) is 0. The molecule has 0 aromatic rings. The fraction of sp³-hybridized carbons (Fsp3) is 0.857. The summed E-state index contributed by atoms with van der Waals surface area (Å²) < 4.78 is 5.38. The van der Waals surface area contributed by atoms with E-state index in [2.05, 4.69) is 6.07 Å². The maximum Gasteiger partial charge on any atom is 0.308 e. The van der Waals surface area contributed by atoms with Crippen LogP contribution in [0.4, 0.5) is 0 Å². The number of hydrogen-bond donors (Lipinski definition) is 0. The highest BCUT2D eigenvalue weighted by Gasteiger charge is 2.46. The number of rotatable bonds is 4. The van der Waals surface area contributed by atoms with Gasteiger partial charge in [-0.15, -0.1) is 0 Å². The first-order chi connectivity index (χ1) is 8.15. The van der Waals surface area contributed by atoms with Crippen LogP contribution < -0.4 is 0 Å². The van der Waals surface area contributed by atoms with Gasteiger partial charge in [-0.3, -0.25) is 4.79 Å². The number of nitrogens with zero attached hydrogens (tertiary/aromatic N) is 1. The molecule has 2 fully saturated rings. The summed E-state index contributed by atoms with van der Waals surface area (Å²) in [5.74, 6) is 1.75. The predicted octanol–water partition coefficient (Wildman–Crippen LogP) is 2.76. The fourth-order valence-corrected chi connectivity index (χ4v) is 3.33. The summed E-state index contributed by atoms with van der Waals surface area (Å²) in [4.78, 5) is 11.6. The van der Waals surface area contributed by atoms with Gasteiger partial charge >= 0.3 is 5.97 Å². The van der Waals surface area contributed by atoms with Gasteiger partial charge in [-0.25, -0.2) is 0 Å². The zero-order valence-electron chi connectivity index (χ0n) is 10.7. The lowest BCUT2D eigenvalue weighted by Crippen LogP contribution is -2.26. The monoisotopic (exact) mass is 235 g/mol. The number of ether oxygens (including phenoxy) is 1. The van der Waals surface area contributed by atoms with E-state index in [4.69, 9.17) is 10.00 Å². The first kappa shape index (κ1) is 12.4. The van der Waals surface area contributed by atoms with Crippen LogP contribution in [0.15, 0.2) is 0 Å². The summed E-state index contributed by atoms with van der Waals surface area (Å²) >= 11 is 0. The van der Waals surface area contributed by atoms with E-state index in [0.29, 0.717) is 24.4 Å². The zero-order valence-corrected chi connectivity index (χ0v) is 10.7. The molecule has 0 aromatic carbocycles. The molecule has 0 amide bonds. The molecule has 0 aliphatic heterocycles. The molecule has 94 valence electrons. The molecule has 3 nitrogen and oxygen atoms in total. The van der Waals surface area contributed by atoms with E-state index < -0.39 is 0 Å². The third kappa shape index (κ3) is 2.46. The number of carbonyl (C=O) groups excluding carboxylic acids is 1. The van der Waals surface area contributed by atoms with E-state index in [0.717, 1.165) is 19.3 Å². The Morgan fingerprint density at radius 3 is 2.82 bits per heavy atom. The van der Waals surface area contributed by atoms with E-state index in [1.807, 2.05) is 13.8 Å². The third-order valence-electron chi connectivity index (χ3n) is 4.57. The van der Waals surface area contributed by atoms with E-state index in [9.17, 15) is 4.79 Å². The van der Waals surface area contributed by atoms with Crippen molar-refractivity contribution in [2.24, 2.45) is 29.6 Å². The van der Waals surface area contributed by atoms with Crippen molar-refractivity contribution in [2.75, 3.05) is 6.61 Å². The van der Waals surface area contributed by atoms with Crippen LogP contribution in [0.5, 0.6) is 0 Å². The molecule has 2 aliphatic rings. The van der Waals surface area contributed by atoms with Crippen molar-refractivity contribution in [3.05, 3.63) is 0 Å². The van der Waals surface area contributed by atoms with Crippen LogP contribution in [-0.2, 0) is 9.53 Å². The van der Waals surface area contributed by atoms with Gasteiger partial charge in [0.2, 0.25) is 0 Å². The molecule has 0 N–H and O–H groups in total. The first-order valence-corrected chi connectivity index (χ1v) is 6.71. The topological polar surface area (TPSA) is 50.1 Å². The SMILES string of the molecule is CCC(C)C(=O)OCC1CC2CC(C#N)C1C2. The van der Waals surface area contributed by atoms with Crippen molar-refractivity contribution in [2.45, 2.75) is 39.5 Å². The highest BCUT2D eigenvalue weighted by atomic mass is 16.5. The Morgan fingerprint density at radius 1 is 1.47 bits per heavy atom. The normalized spacial score (nSPS) is 36.5. The van der Waals surface area contributed by atoms with Crippen LogP contribution in [-0.4, -0.2) is 12.6 Å². The molecule has 0 saturated heterocycles. The Balaban J connectivity index is 1.82. The minimum Gasteiger partial charge on any atom is -0.465 e. The Labute approximate surface area is 103 Å². The van der Waals surface area contributed by atoms with Crippen molar-refractivity contribution >= 4 is 5.97 Å². The van der Waals surface area contributed by atoms with Crippen LogP contribution in [0.3, 0.4) is 0 Å². The molecule has 17 heavy (non-hydrogen) atoms. The number of carbonyl (C=O) groups is 1. The summed E-state index contributed by atoms with van der Waals surface area (Å²) in [6.45, 7) is 4.43. The second-order valence-corrected chi connectivity index (χ2v) is 5.67. The van der Waals surface area contributed by atoms with Crippen LogP contribution >= 0.6 is 0 Å². The van der Waals surface area contributed by atoms with Crippen LogP contribution in [0.25, 0.3) is 0 Å². The lowest BCUT2D eigenvalue weighted by molar-refractivity contribution is -0.150. The molecule has 3 heteroatoms. The van der Waals surface area contributed by atoms with Gasteiger partial charge in [0.05, 0.1) is 18.6 Å². The predicted molar refractivity (Wildman–Crippen MR) is 63.8 cm³/mol. The second-order valence-electron chi connectivity index (χ2n) is 5.67. The summed E-state index contributed by atoms with van der Waals surface area (Å²) in [5.41, 5.74) is 0. The zero-order chi connectivity index (χ0) is 12.4. The average molecular weight is 235 g/mol. The summed E-state index contributed by atoms with van der Waals surface area (Å²) in [6, 6.07) is 2.41. The van der Waals surface area contributed by atoms with Gasteiger partial charge in [0.1, 0.15) is 0 Å². The number of fused-ring (bicyclic) bond motifs is 2. The maximum atomic E-state index is 11.6. The van der Waals surface area contributed by atoms with E-state index >= 15 is 0 Å². The quantitative estimate of drug-likeness (QED) is 0.704. The van der Waals surface area contributed by atoms with E-state index in [1.54, 1.807) is 0 Å². The molecular weight excluding hydrogens is 214 g/mol. The molecule has 0 radical (unpaired) electrons. The third-order valence-corrected chi connectivity index (χ3v) is 4.57. The number of hydrogen-bond acceptors (Lipinski definition) is 3. The largest absolute Gasteiger partial charge is 0.465 e. The van der Waals surface area contributed by atoms with Gasteiger partial charge in [0.25, 0.3) is 0 Å². The molecule has 0 spiro atoms. The van der Waals surface area contributed by atoms with Gasteiger partial charge in [0, 0.05) is 5.92 Å². The van der Waals surface area contributed by atoms with Crippen molar-refractivity contribution < 1.29 is 9.53 Å². The molecule has 2 saturated carbocycles. The van der Waals surface area contributed by atoms with Crippen molar-refractivity contribution in [1.29, 1.82) is 5.26 Å². The van der Waals surface area contributed by atoms with Crippen molar-refractivity contribution in [1.82, 2.24) is 0 Å². The maximum absolute atomic E-state index is 11.6. The Hall–Kier alpha value is -1.04. The van der Waals surface area contributed by atoms with Crippen molar-refractivity contribution in [3.63, 3.8) is 0 Å². The highest BCUT2D eigenvalue weighted by Crippen LogP contribution is 2.51. The smallest absolute Gasteiger partial charge is 0.308 e. The van der Waals surface area contributed by atoms with Gasteiger partial charge in [-0.2, -0.15) is 5.26 Å². The van der Waals surface area contributed by atoms with E-state index in [-0.39, 0.29) is 17.8 Å². The average Bonchev–Trinajstić information content (AvgIpc) is 2.93. The van der Waals surface area contributed by atoms with Crippen molar-refractivity contribution in [3.8, 4) is 6.07 Å². The lowest BCUT2D eigenvalue weighted by Gasteiger charge is -2.25. The number of esters is 1. The molecule has 2 rings (SSSR count). The summed E-state index contributed by atoms with van der Waals surface area (Å²) in [5, 5.41) is 9.05. The lowest BCUT2D eigenvalue weighted by atomic mass is 9.82. The molecular formula is C14H21NO2. The van der Waals surface area contributed by atoms with Gasteiger partial charge in [-0.05, 0) is 43.4 Å². The van der Waals surface area contributed by atoms with Crippen LogP contribution in [0.1, 0.15) is 39.5 Å². The van der Waals surface area contributed by atoms with Crippen LogP contribution in [0.2, 0.25) is 0 Å². The molecule has 0 aromatic heterocycles. The molecule has 5 unspecified atom stereocenters. The molecule has 2 bridgehead atoms. The Bertz CT molecular complexity index is 334. The minimum absolute atomic E-state index is 0.000328. The molecule has 2 aliphatic carbocycles. The fourth-order valence-electron chi connectivity index (χ4n) is 3.33. The van der Waals surface area contributed by atoms with Gasteiger partial charge in [-0.1, -0.05) is 13.8 Å². The van der Waals surface area contributed by atoms with Gasteiger partial charge in [0.15, 0.2) is 0 Å². The Morgan fingerprint density at radius 2 is 2.24 bits per heavy atom. The number of nitriles is 1. The van der Waals surface area contributed by atoms with Gasteiger partial charge < -0.3 is 4.74 Å². The molecule has 5 atom stereocenters. The highest BCUT2D eigenvalue weighted by molar-refractivity contribution is 5.71. The second kappa shape index (κ2) is 5.08. The van der Waals surface area contributed by atoms with Crippen LogP contribution in [0, 0.1) is 40.9 Å². The molecule has 0 heterocycles.